The van der Waals surface area contributed by atoms with Gasteiger partial charge in [0.1, 0.15) is 10.9 Å². The normalized spacial score (nSPS) is 12.5. The number of fused-ring (bicyclic) bond motifs is 1. The van der Waals surface area contributed by atoms with Gasteiger partial charge in [0, 0.05) is 4.88 Å². The van der Waals surface area contributed by atoms with Gasteiger partial charge in [0.15, 0.2) is 0 Å². The molecule has 0 saturated heterocycles. The highest BCUT2D eigenvalue weighted by molar-refractivity contribution is 7.21. The standard InChI is InChI=1S/C19H20N2O3S/c1-12(2)10-24-19(23)13(3)21-11-20-17-15(18(21)22)9-16(25-17)14-7-5-4-6-8-14/h4-9,11-13H,10H2,1-3H3. The summed E-state index contributed by atoms with van der Waals surface area (Å²) in [7, 11) is 0. The molecule has 25 heavy (non-hydrogen) atoms. The van der Waals surface area contributed by atoms with Crippen molar-refractivity contribution in [3.05, 3.63) is 53.1 Å². The topological polar surface area (TPSA) is 61.2 Å². The van der Waals surface area contributed by atoms with Gasteiger partial charge in [0.05, 0.1) is 18.3 Å². The first-order chi connectivity index (χ1) is 12.0. The van der Waals surface area contributed by atoms with Gasteiger partial charge < -0.3 is 4.74 Å². The van der Waals surface area contributed by atoms with Crippen LogP contribution in [0.1, 0.15) is 26.8 Å². The highest BCUT2D eigenvalue weighted by atomic mass is 32.1. The second kappa shape index (κ2) is 7.19. The maximum atomic E-state index is 12.8. The summed E-state index contributed by atoms with van der Waals surface area (Å²) in [5.74, 6) is -0.172. The molecule has 3 aromatic rings. The van der Waals surface area contributed by atoms with Gasteiger partial charge in [0.2, 0.25) is 0 Å². The molecule has 1 atom stereocenters. The van der Waals surface area contributed by atoms with Crippen LogP contribution in [0.15, 0.2) is 47.5 Å². The van der Waals surface area contributed by atoms with Gasteiger partial charge in [-0.2, -0.15) is 0 Å². The molecule has 0 aliphatic rings. The van der Waals surface area contributed by atoms with Gasteiger partial charge in [-0.15, -0.1) is 11.3 Å². The zero-order valence-corrected chi connectivity index (χ0v) is 15.2. The van der Waals surface area contributed by atoms with Crippen molar-refractivity contribution < 1.29 is 9.53 Å². The van der Waals surface area contributed by atoms with Crippen molar-refractivity contribution >= 4 is 27.5 Å². The first-order valence-electron chi connectivity index (χ1n) is 8.20. The van der Waals surface area contributed by atoms with E-state index in [1.54, 1.807) is 6.92 Å². The Balaban J connectivity index is 1.95. The van der Waals surface area contributed by atoms with E-state index in [0.717, 1.165) is 10.4 Å². The largest absolute Gasteiger partial charge is 0.464 e. The molecule has 0 spiro atoms. The monoisotopic (exact) mass is 356 g/mol. The Kier molecular flexibility index (Phi) is 4.99. The molecule has 0 bridgehead atoms. The lowest BCUT2D eigenvalue weighted by molar-refractivity contribution is -0.148. The Labute approximate surface area is 149 Å². The third kappa shape index (κ3) is 3.64. The fourth-order valence-corrected chi connectivity index (χ4v) is 3.44. The molecule has 1 aromatic carbocycles. The number of rotatable bonds is 5. The fraction of sp³-hybridized carbons (Fsp3) is 0.316. The minimum Gasteiger partial charge on any atom is -0.464 e. The van der Waals surface area contributed by atoms with Gasteiger partial charge >= 0.3 is 5.97 Å². The zero-order valence-electron chi connectivity index (χ0n) is 14.4. The van der Waals surface area contributed by atoms with Crippen molar-refractivity contribution in [3.63, 3.8) is 0 Å². The van der Waals surface area contributed by atoms with Gasteiger partial charge in [-0.05, 0) is 24.5 Å². The van der Waals surface area contributed by atoms with Gasteiger partial charge in [-0.3, -0.25) is 9.36 Å². The molecule has 0 N–H and O–H groups in total. The summed E-state index contributed by atoms with van der Waals surface area (Å²) in [6, 6.07) is 11.0. The average molecular weight is 356 g/mol. The summed E-state index contributed by atoms with van der Waals surface area (Å²) in [4.78, 5) is 30.9. The number of esters is 1. The molecule has 0 fully saturated rings. The van der Waals surface area contributed by atoms with Crippen LogP contribution < -0.4 is 5.56 Å². The van der Waals surface area contributed by atoms with Crippen molar-refractivity contribution in [1.29, 1.82) is 0 Å². The predicted molar refractivity (Wildman–Crippen MR) is 99.8 cm³/mol. The quantitative estimate of drug-likeness (QED) is 0.651. The van der Waals surface area contributed by atoms with Gasteiger partial charge in [-0.1, -0.05) is 44.2 Å². The van der Waals surface area contributed by atoms with Crippen molar-refractivity contribution in [2.24, 2.45) is 5.92 Å². The molecule has 0 amide bonds. The van der Waals surface area contributed by atoms with Crippen LogP contribution >= 0.6 is 11.3 Å². The van der Waals surface area contributed by atoms with Gasteiger partial charge in [0.25, 0.3) is 5.56 Å². The Morgan fingerprint density at radius 3 is 2.64 bits per heavy atom. The van der Waals surface area contributed by atoms with Crippen LogP contribution in [0.25, 0.3) is 20.7 Å². The lowest BCUT2D eigenvalue weighted by Gasteiger charge is -2.14. The van der Waals surface area contributed by atoms with E-state index in [0.29, 0.717) is 16.8 Å². The Hall–Kier alpha value is -2.47. The number of carbonyl (C=O) groups excluding carboxylic acids is 1. The lowest BCUT2D eigenvalue weighted by Crippen LogP contribution is -2.29. The molecule has 1 unspecified atom stereocenters. The second-order valence-electron chi connectivity index (χ2n) is 6.35. The van der Waals surface area contributed by atoms with E-state index in [-0.39, 0.29) is 11.5 Å². The van der Waals surface area contributed by atoms with Crippen LogP contribution in [-0.4, -0.2) is 22.1 Å². The minimum absolute atomic E-state index is 0.225. The SMILES string of the molecule is CC(C)COC(=O)C(C)n1cnc2sc(-c3ccccc3)cc2c1=O. The minimum atomic E-state index is -0.705. The summed E-state index contributed by atoms with van der Waals surface area (Å²) in [5, 5.41) is 0.523. The molecule has 0 radical (unpaired) electrons. The number of thiophene rings is 1. The molecule has 6 heteroatoms. The molecule has 0 saturated carbocycles. The maximum Gasteiger partial charge on any atom is 0.329 e. The number of carbonyl (C=O) groups is 1. The van der Waals surface area contributed by atoms with E-state index in [4.69, 9.17) is 4.74 Å². The molecule has 0 aliphatic carbocycles. The average Bonchev–Trinajstić information content (AvgIpc) is 3.05. The molecule has 130 valence electrons. The summed E-state index contributed by atoms with van der Waals surface area (Å²) in [6.07, 6.45) is 1.43. The van der Waals surface area contributed by atoms with E-state index in [1.165, 1.54) is 22.2 Å². The summed E-state index contributed by atoms with van der Waals surface area (Å²) in [6.45, 7) is 5.93. The van der Waals surface area contributed by atoms with Gasteiger partial charge in [-0.25, -0.2) is 9.78 Å². The highest BCUT2D eigenvalue weighted by Gasteiger charge is 2.20. The Morgan fingerprint density at radius 1 is 1.24 bits per heavy atom. The van der Waals surface area contributed by atoms with Crippen molar-refractivity contribution in [3.8, 4) is 10.4 Å². The summed E-state index contributed by atoms with van der Waals surface area (Å²) >= 11 is 1.47. The molecule has 2 heterocycles. The lowest BCUT2D eigenvalue weighted by atomic mass is 10.2. The smallest absolute Gasteiger partial charge is 0.329 e. The first kappa shape index (κ1) is 17.4. The second-order valence-corrected chi connectivity index (χ2v) is 7.38. The van der Waals surface area contributed by atoms with E-state index in [9.17, 15) is 9.59 Å². The van der Waals surface area contributed by atoms with E-state index in [2.05, 4.69) is 4.98 Å². The summed E-state index contributed by atoms with van der Waals surface area (Å²) in [5.41, 5.74) is 0.818. The van der Waals surface area contributed by atoms with Crippen LogP contribution in [-0.2, 0) is 9.53 Å². The third-order valence-electron chi connectivity index (χ3n) is 3.85. The number of benzene rings is 1. The fourth-order valence-electron chi connectivity index (χ4n) is 2.44. The zero-order chi connectivity index (χ0) is 18.0. The van der Waals surface area contributed by atoms with Crippen molar-refractivity contribution in [2.45, 2.75) is 26.8 Å². The molecular weight excluding hydrogens is 336 g/mol. The highest BCUT2D eigenvalue weighted by Crippen LogP contribution is 2.30. The predicted octanol–water partition coefficient (Wildman–Crippen LogP) is 3.89. The van der Waals surface area contributed by atoms with E-state index in [1.807, 2.05) is 50.2 Å². The van der Waals surface area contributed by atoms with Crippen LogP contribution in [0.2, 0.25) is 0 Å². The maximum absolute atomic E-state index is 12.8. The molecule has 2 aromatic heterocycles. The van der Waals surface area contributed by atoms with E-state index >= 15 is 0 Å². The van der Waals surface area contributed by atoms with Crippen LogP contribution in [0.4, 0.5) is 0 Å². The van der Waals surface area contributed by atoms with E-state index < -0.39 is 12.0 Å². The molecule has 0 aliphatic heterocycles. The number of hydrogen-bond donors (Lipinski definition) is 0. The van der Waals surface area contributed by atoms with Crippen LogP contribution in [0.5, 0.6) is 0 Å². The first-order valence-corrected chi connectivity index (χ1v) is 9.01. The molecule has 5 nitrogen and oxygen atoms in total. The Morgan fingerprint density at radius 2 is 1.96 bits per heavy atom. The van der Waals surface area contributed by atoms with Crippen LogP contribution in [0, 0.1) is 5.92 Å². The number of aromatic nitrogens is 2. The molecular formula is C19H20N2O3S. The number of hydrogen-bond acceptors (Lipinski definition) is 5. The van der Waals surface area contributed by atoms with Crippen molar-refractivity contribution in [2.75, 3.05) is 6.61 Å². The number of ether oxygens (including phenoxy) is 1. The third-order valence-corrected chi connectivity index (χ3v) is 4.94. The summed E-state index contributed by atoms with van der Waals surface area (Å²) < 4.78 is 6.58. The van der Waals surface area contributed by atoms with Crippen LogP contribution in [0.3, 0.4) is 0 Å². The molecule has 3 rings (SSSR count). The number of nitrogens with zero attached hydrogens (tertiary/aromatic N) is 2. The van der Waals surface area contributed by atoms with Crippen molar-refractivity contribution in [1.82, 2.24) is 9.55 Å². The Bertz CT molecular complexity index is 944.